The predicted octanol–water partition coefficient (Wildman–Crippen LogP) is 6.00. The number of rotatable bonds is 3. The average molecular weight is 368 g/mol. The highest BCUT2D eigenvalue weighted by atomic mass is 79.9. The van der Waals surface area contributed by atoms with Crippen molar-refractivity contribution in [2.45, 2.75) is 5.38 Å². The number of hydrogen-bond donors (Lipinski definition) is 0. The van der Waals surface area contributed by atoms with E-state index in [9.17, 15) is 0 Å². The molecule has 1 unspecified atom stereocenters. The van der Waals surface area contributed by atoms with Crippen LogP contribution in [0.1, 0.15) is 16.5 Å². The highest BCUT2D eigenvalue weighted by Crippen LogP contribution is 2.40. The maximum Gasteiger partial charge on any atom is 0.118 e. The van der Waals surface area contributed by atoms with E-state index in [0.717, 1.165) is 21.3 Å². The molecule has 0 aliphatic carbocycles. The lowest BCUT2D eigenvalue weighted by molar-refractivity contribution is 0.414. The monoisotopic (exact) mass is 366 g/mol. The fourth-order valence-corrected chi connectivity index (χ4v) is 4.24. The van der Waals surface area contributed by atoms with Gasteiger partial charge in [0.05, 0.1) is 12.5 Å². The summed E-state index contributed by atoms with van der Waals surface area (Å²) in [5.41, 5.74) is 2.23. The molecule has 20 heavy (non-hydrogen) atoms. The second kappa shape index (κ2) is 5.76. The first-order chi connectivity index (χ1) is 9.70. The maximum atomic E-state index is 6.65. The molecular weight excluding hydrogens is 356 g/mol. The van der Waals surface area contributed by atoms with E-state index in [4.69, 9.17) is 16.3 Å². The number of methoxy groups -OCH3 is 1. The lowest BCUT2D eigenvalue weighted by Gasteiger charge is -2.10. The molecule has 0 aliphatic heterocycles. The molecule has 2 aromatic carbocycles. The van der Waals surface area contributed by atoms with Gasteiger partial charge in [-0.1, -0.05) is 24.3 Å². The fraction of sp³-hybridized carbons (Fsp3) is 0.125. The van der Waals surface area contributed by atoms with Crippen LogP contribution in [0.5, 0.6) is 5.75 Å². The topological polar surface area (TPSA) is 9.23 Å². The third-order valence-electron chi connectivity index (χ3n) is 3.26. The van der Waals surface area contributed by atoms with Gasteiger partial charge in [-0.05, 0) is 56.0 Å². The molecule has 0 N–H and O–H groups in total. The quantitative estimate of drug-likeness (QED) is 0.516. The summed E-state index contributed by atoms with van der Waals surface area (Å²) in [5, 5.41) is 3.20. The van der Waals surface area contributed by atoms with Gasteiger partial charge in [0.2, 0.25) is 0 Å². The summed E-state index contributed by atoms with van der Waals surface area (Å²) in [4.78, 5) is 0. The zero-order valence-corrected chi connectivity index (χ0v) is 13.9. The Morgan fingerprint density at radius 2 is 1.90 bits per heavy atom. The number of halogens is 2. The van der Waals surface area contributed by atoms with Gasteiger partial charge >= 0.3 is 0 Å². The minimum atomic E-state index is -0.149. The molecule has 0 saturated carbocycles. The van der Waals surface area contributed by atoms with Gasteiger partial charge in [-0.3, -0.25) is 0 Å². The van der Waals surface area contributed by atoms with Crippen molar-refractivity contribution in [1.29, 1.82) is 0 Å². The van der Waals surface area contributed by atoms with Gasteiger partial charge in [-0.2, -0.15) is 0 Å². The van der Waals surface area contributed by atoms with Crippen LogP contribution in [0.3, 0.4) is 0 Å². The van der Waals surface area contributed by atoms with Crippen molar-refractivity contribution in [1.82, 2.24) is 0 Å². The van der Waals surface area contributed by atoms with E-state index in [-0.39, 0.29) is 5.38 Å². The average Bonchev–Trinajstić information content (AvgIpc) is 2.92. The van der Waals surface area contributed by atoms with Gasteiger partial charge in [0.25, 0.3) is 0 Å². The predicted molar refractivity (Wildman–Crippen MR) is 90.2 cm³/mol. The van der Waals surface area contributed by atoms with E-state index in [2.05, 4.69) is 33.4 Å². The van der Waals surface area contributed by atoms with Crippen LogP contribution in [0, 0.1) is 0 Å². The van der Waals surface area contributed by atoms with E-state index < -0.39 is 0 Å². The number of alkyl halides is 1. The number of benzene rings is 2. The molecule has 1 aromatic heterocycles. The first-order valence-corrected chi connectivity index (χ1v) is 8.25. The maximum absolute atomic E-state index is 6.65. The van der Waals surface area contributed by atoms with Gasteiger partial charge in [0.15, 0.2) is 0 Å². The Morgan fingerprint density at radius 3 is 2.60 bits per heavy atom. The summed E-state index contributed by atoms with van der Waals surface area (Å²) in [7, 11) is 1.66. The van der Waals surface area contributed by atoms with E-state index in [1.807, 2.05) is 30.3 Å². The van der Waals surface area contributed by atoms with Crippen LogP contribution in [0.2, 0.25) is 0 Å². The molecule has 1 nitrogen and oxygen atoms in total. The minimum absolute atomic E-state index is 0.149. The first-order valence-electron chi connectivity index (χ1n) is 6.14. The van der Waals surface area contributed by atoms with Crippen molar-refractivity contribution < 1.29 is 4.74 Å². The van der Waals surface area contributed by atoms with Crippen LogP contribution in [-0.4, -0.2) is 7.11 Å². The lowest BCUT2D eigenvalue weighted by atomic mass is 10.0. The third-order valence-corrected chi connectivity index (χ3v) is 5.72. The van der Waals surface area contributed by atoms with E-state index >= 15 is 0 Å². The Morgan fingerprint density at radius 1 is 1.15 bits per heavy atom. The molecule has 0 amide bonds. The Bertz CT molecular complexity index is 736. The SMILES string of the molecule is COc1ccc(C(Cl)c2csc3c(Br)cccc23)cc1. The Balaban J connectivity index is 2.03. The van der Waals surface area contributed by atoms with Gasteiger partial charge in [0, 0.05) is 9.17 Å². The summed E-state index contributed by atoms with van der Waals surface area (Å²) in [6.07, 6.45) is 0. The number of ether oxygens (including phenoxy) is 1. The number of fused-ring (bicyclic) bond motifs is 1. The van der Waals surface area contributed by atoms with E-state index in [0.29, 0.717) is 0 Å². The van der Waals surface area contributed by atoms with Gasteiger partial charge in [-0.25, -0.2) is 0 Å². The highest BCUT2D eigenvalue weighted by Gasteiger charge is 2.16. The van der Waals surface area contributed by atoms with Crippen LogP contribution in [0.25, 0.3) is 10.1 Å². The lowest BCUT2D eigenvalue weighted by Crippen LogP contribution is -1.92. The van der Waals surface area contributed by atoms with Crippen molar-refractivity contribution in [3.8, 4) is 5.75 Å². The van der Waals surface area contributed by atoms with Gasteiger partial charge in [0.1, 0.15) is 5.75 Å². The molecule has 3 rings (SSSR count). The molecule has 1 atom stereocenters. The van der Waals surface area contributed by atoms with Crippen molar-refractivity contribution in [3.63, 3.8) is 0 Å². The second-order valence-electron chi connectivity index (χ2n) is 4.44. The number of hydrogen-bond acceptors (Lipinski definition) is 2. The Hall–Kier alpha value is -1.03. The van der Waals surface area contributed by atoms with Crippen LogP contribution in [-0.2, 0) is 0 Å². The summed E-state index contributed by atoms with van der Waals surface area (Å²) in [6, 6.07) is 14.1. The normalized spacial score (nSPS) is 12.6. The Labute approximate surface area is 135 Å². The summed E-state index contributed by atoms with van der Waals surface area (Å²) < 4.78 is 7.53. The highest BCUT2D eigenvalue weighted by molar-refractivity contribution is 9.10. The molecule has 1 heterocycles. The molecule has 0 radical (unpaired) electrons. The molecule has 0 aliphatic rings. The van der Waals surface area contributed by atoms with Crippen LogP contribution >= 0.6 is 38.9 Å². The van der Waals surface area contributed by atoms with Crippen molar-refractivity contribution in [3.05, 3.63) is 63.4 Å². The zero-order chi connectivity index (χ0) is 14.1. The molecule has 0 spiro atoms. The number of thiophene rings is 1. The molecule has 4 heteroatoms. The Kier molecular flexibility index (Phi) is 4.01. The summed E-state index contributed by atoms with van der Waals surface area (Å²) in [6.45, 7) is 0. The largest absolute Gasteiger partial charge is 0.497 e. The molecular formula is C16H12BrClOS. The van der Waals surface area contributed by atoms with Gasteiger partial charge < -0.3 is 4.74 Å². The standard InChI is InChI=1S/C16H12BrClOS/c1-19-11-7-5-10(6-8-11)15(18)13-9-20-16-12(13)3-2-4-14(16)17/h2-9,15H,1H3. The molecule has 0 fully saturated rings. The molecule has 0 bridgehead atoms. The van der Waals surface area contributed by atoms with Crippen LogP contribution in [0.15, 0.2) is 52.3 Å². The minimum Gasteiger partial charge on any atom is -0.497 e. The zero-order valence-electron chi connectivity index (χ0n) is 10.8. The summed E-state index contributed by atoms with van der Waals surface area (Å²) >= 11 is 12.0. The smallest absolute Gasteiger partial charge is 0.118 e. The van der Waals surface area contributed by atoms with Crippen molar-refractivity contribution >= 4 is 49.0 Å². The van der Waals surface area contributed by atoms with E-state index in [1.54, 1.807) is 18.4 Å². The molecule has 102 valence electrons. The molecule has 0 saturated heterocycles. The van der Waals surface area contributed by atoms with E-state index in [1.165, 1.54) is 10.1 Å². The van der Waals surface area contributed by atoms with Crippen molar-refractivity contribution in [2.75, 3.05) is 7.11 Å². The fourth-order valence-electron chi connectivity index (χ4n) is 2.19. The summed E-state index contributed by atoms with van der Waals surface area (Å²) in [5.74, 6) is 0.843. The van der Waals surface area contributed by atoms with Crippen LogP contribution < -0.4 is 4.74 Å². The second-order valence-corrected chi connectivity index (χ2v) is 6.61. The third kappa shape index (κ3) is 2.46. The van der Waals surface area contributed by atoms with Crippen LogP contribution in [0.4, 0.5) is 0 Å². The first kappa shape index (κ1) is 13.9. The van der Waals surface area contributed by atoms with Gasteiger partial charge in [-0.15, -0.1) is 22.9 Å². The van der Waals surface area contributed by atoms with Crippen molar-refractivity contribution in [2.24, 2.45) is 0 Å². The molecule has 3 aromatic rings.